The Morgan fingerprint density at radius 2 is 1.56 bits per heavy atom. The van der Waals surface area contributed by atoms with Crippen LogP contribution in [0.4, 0.5) is 5.69 Å². The maximum absolute atomic E-state index is 14.1. The number of hydrogen-bond donors (Lipinski definition) is 1. The van der Waals surface area contributed by atoms with Crippen molar-refractivity contribution in [3.63, 3.8) is 0 Å². The maximum Gasteiger partial charge on any atom is 0.244 e. The summed E-state index contributed by atoms with van der Waals surface area (Å²) >= 11 is 3.47. The zero-order valence-corrected chi connectivity index (χ0v) is 26.1. The fourth-order valence-electron chi connectivity index (χ4n) is 4.30. The van der Waals surface area contributed by atoms with Crippen LogP contribution in [0.1, 0.15) is 42.3 Å². The highest BCUT2D eigenvalue weighted by Crippen LogP contribution is 2.22. The topological polar surface area (TPSA) is 104 Å². The van der Waals surface area contributed by atoms with E-state index in [9.17, 15) is 22.8 Å². The molecule has 218 valence electrons. The number of sulfonamides is 1. The lowest BCUT2D eigenvalue weighted by Crippen LogP contribution is -2.53. The number of anilines is 1. The van der Waals surface area contributed by atoms with Crippen molar-refractivity contribution in [3.8, 4) is 0 Å². The van der Waals surface area contributed by atoms with E-state index in [0.717, 1.165) is 26.2 Å². The van der Waals surface area contributed by atoms with Crippen LogP contribution in [0.25, 0.3) is 0 Å². The smallest absolute Gasteiger partial charge is 0.244 e. The van der Waals surface area contributed by atoms with Gasteiger partial charge in [-0.25, -0.2) is 8.42 Å². The summed E-state index contributed by atoms with van der Waals surface area (Å²) in [6.07, 6.45) is 1.25. The summed E-state index contributed by atoms with van der Waals surface area (Å²) in [5.41, 5.74) is 2.15. The molecule has 3 rings (SSSR count). The Kier molecular flexibility index (Phi) is 11.3. The molecule has 0 aliphatic rings. The number of amides is 2. The van der Waals surface area contributed by atoms with Gasteiger partial charge in [0, 0.05) is 29.5 Å². The van der Waals surface area contributed by atoms with Crippen LogP contribution in [0, 0.1) is 5.92 Å². The first-order valence-electron chi connectivity index (χ1n) is 13.3. The maximum atomic E-state index is 14.1. The fourth-order valence-corrected chi connectivity index (χ4v) is 5.59. The molecule has 0 spiro atoms. The Bertz CT molecular complexity index is 1480. The minimum Gasteiger partial charge on any atom is -0.354 e. The van der Waals surface area contributed by atoms with Crippen molar-refractivity contribution in [2.75, 3.05) is 23.7 Å². The minimum atomic E-state index is -3.93. The summed E-state index contributed by atoms with van der Waals surface area (Å²) in [6, 6.07) is 22.0. The van der Waals surface area contributed by atoms with Gasteiger partial charge >= 0.3 is 0 Å². The van der Waals surface area contributed by atoms with E-state index >= 15 is 0 Å². The van der Waals surface area contributed by atoms with Gasteiger partial charge in [-0.3, -0.25) is 18.7 Å². The van der Waals surface area contributed by atoms with Crippen LogP contribution >= 0.6 is 15.9 Å². The van der Waals surface area contributed by atoms with E-state index in [1.807, 2.05) is 68.4 Å². The molecule has 1 N–H and O–H groups in total. The zero-order valence-electron chi connectivity index (χ0n) is 23.7. The first kappa shape index (κ1) is 32.0. The predicted molar refractivity (Wildman–Crippen MR) is 165 cm³/mol. The highest BCUT2D eigenvalue weighted by molar-refractivity contribution is 9.10. The average molecular weight is 643 g/mol. The highest BCUT2D eigenvalue weighted by Gasteiger charge is 2.33. The number of nitrogens with zero attached hydrogens (tertiary/aromatic N) is 2. The van der Waals surface area contributed by atoms with Gasteiger partial charge in [-0.15, -0.1) is 0 Å². The van der Waals surface area contributed by atoms with Gasteiger partial charge in [0.2, 0.25) is 21.8 Å². The molecule has 0 saturated carbocycles. The second-order valence-electron chi connectivity index (χ2n) is 10.4. The molecule has 1 unspecified atom stereocenters. The number of benzene rings is 3. The molecular formula is C31H36BrN3O5S. The van der Waals surface area contributed by atoms with E-state index in [0.29, 0.717) is 12.1 Å². The molecule has 0 bridgehead atoms. The van der Waals surface area contributed by atoms with Crippen LogP contribution in [-0.4, -0.2) is 56.3 Å². The Morgan fingerprint density at radius 1 is 0.902 bits per heavy atom. The molecule has 0 aromatic heterocycles. The normalized spacial score (nSPS) is 12.0. The van der Waals surface area contributed by atoms with Crippen molar-refractivity contribution in [2.24, 2.45) is 5.92 Å². The van der Waals surface area contributed by atoms with Crippen LogP contribution in [0.15, 0.2) is 83.3 Å². The Hall–Kier alpha value is -3.50. The summed E-state index contributed by atoms with van der Waals surface area (Å²) in [4.78, 5) is 41.2. The summed E-state index contributed by atoms with van der Waals surface area (Å²) in [5, 5.41) is 2.96. The molecule has 0 aliphatic carbocycles. The Labute approximate surface area is 250 Å². The predicted octanol–water partition coefficient (Wildman–Crippen LogP) is 4.83. The van der Waals surface area contributed by atoms with Crippen molar-refractivity contribution < 1.29 is 22.8 Å². The number of carbonyl (C=O) groups excluding carboxylic acids is 3. The molecule has 3 aromatic carbocycles. The quantitative estimate of drug-likeness (QED) is 0.269. The third-order valence-corrected chi connectivity index (χ3v) is 8.05. The van der Waals surface area contributed by atoms with E-state index in [-0.39, 0.29) is 36.3 Å². The first-order chi connectivity index (χ1) is 19.3. The van der Waals surface area contributed by atoms with Crippen LogP contribution in [-0.2, 0) is 32.6 Å². The standard InChI is InChI=1S/C31H36BrN3O5S/c1-22(2)19-33-31(38)29(17-24-10-6-5-7-11-24)34(20-25-12-8-14-27(32)16-25)30(37)21-35(41(4,39)40)28-15-9-13-26(18-28)23(3)36/h5-16,18,22,29H,17,19-21H2,1-4H3,(H,33,38). The summed E-state index contributed by atoms with van der Waals surface area (Å²) in [6.45, 7) is 5.31. The lowest BCUT2D eigenvalue weighted by atomic mass is 10.0. The Balaban J connectivity index is 2.07. The molecular weight excluding hydrogens is 606 g/mol. The summed E-state index contributed by atoms with van der Waals surface area (Å²) in [5.74, 6) is -0.910. The van der Waals surface area contributed by atoms with Gasteiger partial charge in [-0.05, 0) is 48.2 Å². The van der Waals surface area contributed by atoms with Crippen LogP contribution in [0.3, 0.4) is 0 Å². The number of hydrogen-bond acceptors (Lipinski definition) is 5. The number of rotatable bonds is 13. The molecule has 41 heavy (non-hydrogen) atoms. The molecule has 10 heteroatoms. The van der Waals surface area contributed by atoms with Gasteiger partial charge < -0.3 is 10.2 Å². The molecule has 0 saturated heterocycles. The van der Waals surface area contributed by atoms with E-state index in [1.54, 1.807) is 12.1 Å². The molecule has 2 amide bonds. The Morgan fingerprint density at radius 3 is 2.17 bits per heavy atom. The first-order valence-corrected chi connectivity index (χ1v) is 15.9. The number of halogens is 1. The summed E-state index contributed by atoms with van der Waals surface area (Å²) < 4.78 is 27.6. The zero-order chi connectivity index (χ0) is 30.2. The second-order valence-corrected chi connectivity index (χ2v) is 13.2. The third kappa shape index (κ3) is 9.54. The molecule has 0 heterocycles. The summed E-state index contributed by atoms with van der Waals surface area (Å²) in [7, 11) is -3.93. The van der Waals surface area contributed by atoms with Gasteiger partial charge in [-0.1, -0.05) is 84.4 Å². The van der Waals surface area contributed by atoms with Gasteiger partial charge in [0.1, 0.15) is 12.6 Å². The highest BCUT2D eigenvalue weighted by atomic mass is 79.9. The van der Waals surface area contributed by atoms with Crippen LogP contribution in [0.5, 0.6) is 0 Å². The van der Waals surface area contributed by atoms with Gasteiger partial charge in [0.05, 0.1) is 11.9 Å². The largest absolute Gasteiger partial charge is 0.354 e. The molecule has 3 aromatic rings. The van der Waals surface area contributed by atoms with Crippen molar-refractivity contribution in [1.29, 1.82) is 0 Å². The number of carbonyl (C=O) groups is 3. The molecule has 1 atom stereocenters. The van der Waals surface area contributed by atoms with Crippen LogP contribution < -0.4 is 9.62 Å². The average Bonchev–Trinajstić information content (AvgIpc) is 2.92. The van der Waals surface area contributed by atoms with Crippen molar-refractivity contribution in [3.05, 3.63) is 100 Å². The number of ketones is 1. The van der Waals surface area contributed by atoms with Crippen molar-refractivity contribution >= 4 is 49.2 Å². The molecule has 8 nitrogen and oxygen atoms in total. The lowest BCUT2D eigenvalue weighted by Gasteiger charge is -2.33. The SMILES string of the molecule is CC(=O)c1cccc(N(CC(=O)N(Cc2cccc(Br)c2)C(Cc2ccccc2)C(=O)NCC(C)C)S(C)(=O)=O)c1. The number of nitrogens with one attached hydrogen (secondary N) is 1. The minimum absolute atomic E-state index is 0.0793. The van der Waals surface area contributed by atoms with E-state index < -0.39 is 28.5 Å². The second kappa shape index (κ2) is 14.4. The van der Waals surface area contributed by atoms with Crippen LogP contribution in [0.2, 0.25) is 0 Å². The fraction of sp³-hybridized carbons (Fsp3) is 0.323. The molecule has 0 aliphatic heterocycles. The number of Topliss-reactive ketones (excluding diaryl/α,β-unsaturated/α-hetero) is 1. The van der Waals surface area contributed by atoms with E-state index in [4.69, 9.17) is 0 Å². The monoisotopic (exact) mass is 641 g/mol. The molecule has 0 radical (unpaired) electrons. The van der Waals surface area contributed by atoms with Gasteiger partial charge in [-0.2, -0.15) is 0 Å². The van der Waals surface area contributed by atoms with E-state index in [1.165, 1.54) is 24.0 Å². The third-order valence-electron chi connectivity index (χ3n) is 6.42. The van der Waals surface area contributed by atoms with Gasteiger partial charge in [0.25, 0.3) is 0 Å². The lowest BCUT2D eigenvalue weighted by molar-refractivity contribution is -0.140. The van der Waals surface area contributed by atoms with Crippen molar-refractivity contribution in [2.45, 2.75) is 39.8 Å². The van der Waals surface area contributed by atoms with Gasteiger partial charge in [0.15, 0.2) is 5.78 Å². The van der Waals surface area contributed by atoms with E-state index in [2.05, 4.69) is 21.2 Å². The van der Waals surface area contributed by atoms with Crippen molar-refractivity contribution in [1.82, 2.24) is 10.2 Å². The molecule has 0 fully saturated rings.